The van der Waals surface area contributed by atoms with E-state index in [0.29, 0.717) is 37.3 Å². The molecule has 2 aliphatic carbocycles. The highest BCUT2D eigenvalue weighted by Crippen LogP contribution is 2.62. The molecule has 1 N–H and O–H groups in total. The number of amides is 1. The second-order valence-corrected chi connectivity index (χ2v) is 17.5. The van der Waals surface area contributed by atoms with Gasteiger partial charge in [0, 0.05) is 56.1 Å². The average Bonchev–Trinajstić information content (AvgIpc) is 3.47. The minimum atomic E-state index is -0.895. The van der Waals surface area contributed by atoms with Crippen molar-refractivity contribution in [3.63, 3.8) is 0 Å². The number of fused-ring (bicyclic) bond motifs is 4. The van der Waals surface area contributed by atoms with Crippen molar-refractivity contribution in [1.82, 2.24) is 5.32 Å². The van der Waals surface area contributed by atoms with Crippen molar-refractivity contribution < 1.29 is 57.6 Å². The molecule has 8 heterocycles. The first-order chi connectivity index (χ1) is 24.4. The molecule has 13 heteroatoms. The van der Waals surface area contributed by atoms with Gasteiger partial charge in [-0.25, -0.2) is 19.6 Å². The largest absolute Gasteiger partial charge is 0.435 e. The zero-order valence-electron chi connectivity index (χ0n) is 31.2. The average molecular weight is 722 g/mol. The molecule has 13 nitrogen and oxygen atoms in total. The molecule has 2 saturated carbocycles. The monoisotopic (exact) mass is 721 g/mol. The highest BCUT2D eigenvalue weighted by atomic mass is 17.3. The van der Waals surface area contributed by atoms with Gasteiger partial charge in [0.05, 0.1) is 6.42 Å². The predicted octanol–water partition coefficient (Wildman–Crippen LogP) is 5.64. The summed E-state index contributed by atoms with van der Waals surface area (Å²) < 4.78 is 37.8. The molecule has 10 rings (SSSR count). The summed E-state index contributed by atoms with van der Waals surface area (Å²) in [6.07, 6.45) is 6.69. The second kappa shape index (κ2) is 13.7. The fourth-order valence-corrected chi connectivity index (χ4v) is 11.2. The molecule has 4 unspecified atom stereocenters. The fraction of sp³-hybridized carbons (Fsp3) is 0.947. The van der Waals surface area contributed by atoms with E-state index in [1.165, 1.54) is 0 Å². The summed E-state index contributed by atoms with van der Waals surface area (Å²) in [6, 6.07) is 0. The molecule has 288 valence electrons. The number of rotatable bonds is 10. The van der Waals surface area contributed by atoms with Crippen LogP contribution in [0.4, 0.5) is 0 Å². The van der Waals surface area contributed by atoms with E-state index in [-0.39, 0.29) is 48.3 Å². The molecule has 0 aromatic heterocycles. The van der Waals surface area contributed by atoms with Gasteiger partial charge in [-0.05, 0) is 88.9 Å². The van der Waals surface area contributed by atoms with Crippen LogP contribution in [0.5, 0.6) is 0 Å². The number of nitrogens with one attached hydrogen (secondary N) is 1. The lowest BCUT2D eigenvalue weighted by Gasteiger charge is -2.60. The van der Waals surface area contributed by atoms with Crippen LogP contribution in [0.15, 0.2) is 0 Å². The molecular formula is C38H59NO12. The number of unbranched alkanes of at least 4 members (excludes halogenated alkanes) is 1. The van der Waals surface area contributed by atoms with Crippen LogP contribution in [0.25, 0.3) is 0 Å². The quantitative estimate of drug-likeness (QED) is 0.170. The van der Waals surface area contributed by atoms with E-state index in [1.807, 2.05) is 20.8 Å². The molecule has 51 heavy (non-hydrogen) atoms. The van der Waals surface area contributed by atoms with Crippen molar-refractivity contribution in [3.8, 4) is 0 Å². The SMILES string of the molecule is C[C@@H]1CCC2[C@@H](C)[C@H](OC(=O)CCC(=O)NCCCCO[C@H]3O[C@@H]4O[C@@]5(C)CCC6[C@H](C)CCC([C@H]3C)[C@]64OO5)O[C@@H]3O[C@@]4(C)CCC1[C@@]23OO4. The van der Waals surface area contributed by atoms with Gasteiger partial charge in [-0.1, -0.05) is 27.7 Å². The maximum atomic E-state index is 12.9. The van der Waals surface area contributed by atoms with E-state index >= 15 is 0 Å². The van der Waals surface area contributed by atoms with Crippen LogP contribution < -0.4 is 5.32 Å². The fourth-order valence-electron chi connectivity index (χ4n) is 11.2. The minimum absolute atomic E-state index is 0.0317. The van der Waals surface area contributed by atoms with Crippen LogP contribution in [-0.2, 0) is 57.6 Å². The Bertz CT molecular complexity index is 1320. The third-order valence-corrected chi connectivity index (χ3v) is 14.2. The van der Waals surface area contributed by atoms with Gasteiger partial charge in [0.2, 0.25) is 23.8 Å². The molecular weight excluding hydrogens is 662 g/mol. The van der Waals surface area contributed by atoms with Crippen LogP contribution in [0.2, 0.25) is 0 Å². The molecule has 10 aliphatic rings. The lowest BCUT2D eigenvalue weighted by atomic mass is 9.58. The van der Waals surface area contributed by atoms with Gasteiger partial charge in [0.1, 0.15) is 0 Å². The predicted molar refractivity (Wildman–Crippen MR) is 177 cm³/mol. The molecule has 4 bridgehead atoms. The number of esters is 1. The Hall–Kier alpha value is -1.42. The lowest BCUT2D eigenvalue weighted by molar-refractivity contribution is -0.577. The number of carbonyl (C=O) groups excluding carboxylic acids is 2. The van der Waals surface area contributed by atoms with E-state index in [0.717, 1.165) is 57.8 Å². The molecule has 16 atom stereocenters. The van der Waals surface area contributed by atoms with Gasteiger partial charge >= 0.3 is 5.97 Å². The standard InChI is InChI=1S/C38H59NO12/c1-21-9-11-27-23(3)31(44-33-37(27)25(21)15-17-35(5,46-33)48-50-37)42-20-8-7-19-39-29(40)13-14-30(41)43-32-24(4)28-12-10-22(2)26-16-18-36(6)47-34(45-32)38(26,28)51-49-36/h21-28,31-34H,7-20H2,1-6H3,(H,39,40)/t21-,22-,23-,24-,25?,26?,27?,28?,31+,32-,33-,34-,35-,36-,37-,38-/m1/s1. The topological polar surface area (TPSA) is 138 Å². The van der Waals surface area contributed by atoms with Crippen LogP contribution in [0.1, 0.15) is 119 Å². The highest BCUT2D eigenvalue weighted by molar-refractivity contribution is 5.81. The maximum Gasteiger partial charge on any atom is 0.308 e. The van der Waals surface area contributed by atoms with Crippen LogP contribution in [-0.4, -0.2) is 73.0 Å². The Labute approximate surface area is 301 Å². The van der Waals surface area contributed by atoms with Crippen molar-refractivity contribution in [2.45, 2.75) is 167 Å². The number of ether oxygens (including phenoxy) is 6. The van der Waals surface area contributed by atoms with Crippen LogP contribution in [0.3, 0.4) is 0 Å². The molecule has 10 fully saturated rings. The third kappa shape index (κ3) is 6.18. The second-order valence-electron chi connectivity index (χ2n) is 17.5. The molecule has 8 aliphatic heterocycles. The Morgan fingerprint density at radius 2 is 1.22 bits per heavy atom. The summed E-state index contributed by atoms with van der Waals surface area (Å²) in [6.45, 7) is 13.6. The summed E-state index contributed by atoms with van der Waals surface area (Å²) >= 11 is 0. The van der Waals surface area contributed by atoms with Gasteiger partial charge < -0.3 is 33.7 Å². The van der Waals surface area contributed by atoms with Crippen LogP contribution >= 0.6 is 0 Å². The molecule has 8 saturated heterocycles. The summed E-state index contributed by atoms with van der Waals surface area (Å²) in [7, 11) is 0. The number of carbonyl (C=O) groups is 2. The Morgan fingerprint density at radius 3 is 1.80 bits per heavy atom. The van der Waals surface area contributed by atoms with Gasteiger partial charge in [0.25, 0.3) is 0 Å². The van der Waals surface area contributed by atoms with Crippen molar-refractivity contribution in [1.29, 1.82) is 0 Å². The smallest absolute Gasteiger partial charge is 0.308 e. The normalized spacial score (nSPS) is 51.1. The maximum absolute atomic E-state index is 12.9. The Morgan fingerprint density at radius 1 is 0.667 bits per heavy atom. The van der Waals surface area contributed by atoms with Crippen molar-refractivity contribution in [2.24, 2.45) is 47.3 Å². The first-order valence-electron chi connectivity index (χ1n) is 19.9. The molecule has 0 radical (unpaired) electrons. The van der Waals surface area contributed by atoms with Crippen molar-refractivity contribution >= 4 is 11.9 Å². The zero-order chi connectivity index (χ0) is 35.8. The van der Waals surface area contributed by atoms with Crippen LogP contribution in [0, 0.1) is 47.3 Å². The van der Waals surface area contributed by atoms with Crippen molar-refractivity contribution in [2.75, 3.05) is 13.2 Å². The zero-order valence-corrected chi connectivity index (χ0v) is 31.2. The number of hydrogen-bond acceptors (Lipinski definition) is 12. The lowest BCUT2D eigenvalue weighted by Crippen LogP contribution is -2.70. The van der Waals surface area contributed by atoms with E-state index in [2.05, 4.69) is 26.1 Å². The van der Waals surface area contributed by atoms with E-state index in [1.54, 1.807) is 0 Å². The summed E-state index contributed by atoms with van der Waals surface area (Å²) in [4.78, 5) is 49.7. The minimum Gasteiger partial charge on any atom is -0.435 e. The highest BCUT2D eigenvalue weighted by Gasteiger charge is 2.71. The van der Waals surface area contributed by atoms with E-state index in [4.69, 9.17) is 48.0 Å². The summed E-state index contributed by atoms with van der Waals surface area (Å²) in [5.41, 5.74) is -1.31. The van der Waals surface area contributed by atoms with Crippen molar-refractivity contribution in [3.05, 3.63) is 0 Å². The van der Waals surface area contributed by atoms with Gasteiger partial charge in [0.15, 0.2) is 30.1 Å². The first-order valence-corrected chi connectivity index (χ1v) is 19.9. The molecule has 2 spiro atoms. The summed E-state index contributed by atoms with van der Waals surface area (Å²) in [5.74, 6) is -0.557. The Balaban J connectivity index is 0.762. The number of hydrogen-bond donors (Lipinski definition) is 1. The first kappa shape index (κ1) is 36.6. The van der Waals surface area contributed by atoms with Gasteiger partial charge in [-0.3, -0.25) is 9.59 Å². The molecule has 0 aromatic rings. The third-order valence-electron chi connectivity index (χ3n) is 14.2. The van der Waals surface area contributed by atoms with E-state index < -0.39 is 53.9 Å². The summed E-state index contributed by atoms with van der Waals surface area (Å²) in [5, 5.41) is 2.93. The molecule has 1 amide bonds. The molecule has 0 aromatic carbocycles. The van der Waals surface area contributed by atoms with Gasteiger partial charge in [-0.15, -0.1) is 0 Å². The van der Waals surface area contributed by atoms with Gasteiger partial charge in [-0.2, -0.15) is 0 Å². The van der Waals surface area contributed by atoms with E-state index in [9.17, 15) is 9.59 Å². The Kier molecular flexibility index (Phi) is 9.82.